The topological polar surface area (TPSA) is 86.7 Å². The molecule has 3 atom stereocenters. The van der Waals surface area contributed by atoms with Crippen molar-refractivity contribution in [1.82, 2.24) is 10.2 Å². The van der Waals surface area contributed by atoms with E-state index in [0.717, 1.165) is 12.1 Å². The van der Waals surface area contributed by atoms with E-state index in [9.17, 15) is 27.6 Å². The van der Waals surface area contributed by atoms with Gasteiger partial charge in [-0.1, -0.05) is 12.1 Å². The quantitative estimate of drug-likeness (QED) is 0.860. The summed E-state index contributed by atoms with van der Waals surface area (Å²) in [6, 6.07) is 2.34. The molecule has 0 aliphatic carbocycles. The zero-order valence-electron chi connectivity index (χ0n) is 13.5. The Bertz CT molecular complexity index is 688. The van der Waals surface area contributed by atoms with E-state index in [0.29, 0.717) is 5.56 Å². The Kier molecular flexibility index (Phi) is 5.05. The zero-order chi connectivity index (χ0) is 18.9. The van der Waals surface area contributed by atoms with Crippen LogP contribution >= 0.6 is 0 Å². The van der Waals surface area contributed by atoms with E-state index in [1.165, 1.54) is 31.0 Å². The number of carbonyl (C=O) groups excluding carboxylic acids is 2. The van der Waals surface area contributed by atoms with Gasteiger partial charge >= 0.3 is 12.1 Å². The summed E-state index contributed by atoms with van der Waals surface area (Å²) in [4.78, 5) is 36.4. The van der Waals surface area contributed by atoms with Crippen molar-refractivity contribution in [2.24, 2.45) is 5.92 Å². The van der Waals surface area contributed by atoms with Crippen molar-refractivity contribution in [1.29, 1.82) is 0 Å². The number of rotatable bonds is 4. The van der Waals surface area contributed by atoms with Crippen molar-refractivity contribution >= 4 is 17.8 Å². The molecule has 1 aromatic carbocycles. The van der Waals surface area contributed by atoms with E-state index in [-0.39, 0.29) is 12.3 Å². The average Bonchev–Trinajstić information content (AvgIpc) is 2.82. The second kappa shape index (κ2) is 6.73. The molecule has 1 fully saturated rings. The third-order valence-electron chi connectivity index (χ3n) is 4.23. The van der Waals surface area contributed by atoms with Gasteiger partial charge in [-0.05, 0) is 24.6 Å². The summed E-state index contributed by atoms with van der Waals surface area (Å²) in [5.41, 5.74) is -0.451. The van der Waals surface area contributed by atoms with Crippen LogP contribution in [0.5, 0.6) is 0 Å². The van der Waals surface area contributed by atoms with Crippen LogP contribution in [-0.4, -0.2) is 40.9 Å². The number of carboxylic acid groups (broad SMARTS) is 1. The molecular formula is C16H17F3N2O4. The summed E-state index contributed by atoms with van der Waals surface area (Å²) in [5.74, 6) is -3.07. The molecule has 0 spiro atoms. The summed E-state index contributed by atoms with van der Waals surface area (Å²) in [7, 11) is 1.46. The number of nitrogens with zero attached hydrogens (tertiary/aromatic N) is 1. The van der Waals surface area contributed by atoms with Gasteiger partial charge in [-0.25, -0.2) is 0 Å². The number of alkyl halides is 3. The first kappa shape index (κ1) is 18.8. The molecule has 0 aromatic heterocycles. The number of carboxylic acids is 1. The van der Waals surface area contributed by atoms with Gasteiger partial charge < -0.3 is 15.3 Å². The minimum atomic E-state index is -4.48. The fourth-order valence-electron chi connectivity index (χ4n) is 2.81. The van der Waals surface area contributed by atoms with Crippen LogP contribution in [0.15, 0.2) is 24.3 Å². The maximum absolute atomic E-state index is 12.7. The molecule has 9 heteroatoms. The highest BCUT2D eigenvalue weighted by molar-refractivity contribution is 5.92. The van der Waals surface area contributed by atoms with Gasteiger partial charge in [0, 0.05) is 13.5 Å². The summed E-state index contributed by atoms with van der Waals surface area (Å²) in [6.45, 7) is 1.29. The van der Waals surface area contributed by atoms with Crippen LogP contribution in [0.1, 0.15) is 30.5 Å². The number of nitrogens with one attached hydrogen (secondary N) is 1. The van der Waals surface area contributed by atoms with Crippen LogP contribution in [0.4, 0.5) is 13.2 Å². The predicted octanol–water partition coefficient (Wildman–Crippen LogP) is 1.81. The Morgan fingerprint density at radius 2 is 1.84 bits per heavy atom. The molecule has 1 heterocycles. The van der Waals surface area contributed by atoms with Crippen molar-refractivity contribution in [2.75, 3.05) is 7.05 Å². The van der Waals surface area contributed by atoms with Gasteiger partial charge in [0.25, 0.3) is 0 Å². The van der Waals surface area contributed by atoms with Gasteiger partial charge in [0.1, 0.15) is 6.04 Å². The maximum Gasteiger partial charge on any atom is 0.416 e. The lowest BCUT2D eigenvalue weighted by Crippen LogP contribution is -2.43. The van der Waals surface area contributed by atoms with Crippen molar-refractivity contribution in [3.8, 4) is 0 Å². The van der Waals surface area contributed by atoms with Crippen molar-refractivity contribution < 1.29 is 32.7 Å². The molecule has 1 aliphatic heterocycles. The molecule has 6 nitrogen and oxygen atoms in total. The van der Waals surface area contributed by atoms with Crippen LogP contribution in [0, 0.1) is 5.92 Å². The first-order valence-electron chi connectivity index (χ1n) is 7.48. The molecule has 2 amide bonds. The highest BCUT2D eigenvalue weighted by Gasteiger charge is 2.43. The molecule has 25 heavy (non-hydrogen) atoms. The SMILES string of the molecule is C[C@H](NC(=O)C1CC(=O)N(C)C1c1ccc(C(F)(F)F)cc1)C(=O)O. The van der Waals surface area contributed by atoms with Crippen LogP contribution in [0.3, 0.4) is 0 Å². The Morgan fingerprint density at radius 1 is 1.28 bits per heavy atom. The standard InChI is InChI=1S/C16H17F3N2O4/c1-8(15(24)25)20-14(23)11-7-12(22)21(2)13(11)9-3-5-10(6-4-9)16(17,18)19/h3-6,8,11,13H,7H2,1-2H3,(H,20,23)(H,24,25)/t8-,11?,13?/m0/s1. The van der Waals surface area contributed by atoms with Crippen LogP contribution in [0.2, 0.25) is 0 Å². The number of hydrogen-bond donors (Lipinski definition) is 2. The second-order valence-corrected chi connectivity index (χ2v) is 5.95. The lowest BCUT2D eigenvalue weighted by Gasteiger charge is -2.25. The molecule has 1 aliphatic rings. The number of carbonyl (C=O) groups is 3. The Morgan fingerprint density at radius 3 is 2.32 bits per heavy atom. The van der Waals surface area contributed by atoms with Crippen LogP contribution in [0.25, 0.3) is 0 Å². The third kappa shape index (κ3) is 3.92. The van der Waals surface area contributed by atoms with Gasteiger partial charge in [0.15, 0.2) is 0 Å². The van der Waals surface area contributed by atoms with E-state index >= 15 is 0 Å². The number of benzene rings is 1. The first-order chi connectivity index (χ1) is 11.5. The Labute approximate surface area is 141 Å². The molecule has 2 unspecified atom stereocenters. The van der Waals surface area contributed by atoms with E-state index in [2.05, 4.69) is 5.32 Å². The largest absolute Gasteiger partial charge is 0.480 e. The van der Waals surface area contributed by atoms with Crippen molar-refractivity contribution in [3.05, 3.63) is 35.4 Å². The summed E-state index contributed by atoms with van der Waals surface area (Å²) in [6.07, 6.45) is -4.62. The van der Waals surface area contributed by atoms with Gasteiger partial charge in [-0.15, -0.1) is 0 Å². The fourth-order valence-corrected chi connectivity index (χ4v) is 2.81. The van der Waals surface area contributed by atoms with Gasteiger partial charge in [0.05, 0.1) is 17.5 Å². The molecule has 0 radical (unpaired) electrons. The molecule has 1 aromatic rings. The smallest absolute Gasteiger partial charge is 0.416 e. The highest BCUT2D eigenvalue weighted by atomic mass is 19.4. The number of hydrogen-bond acceptors (Lipinski definition) is 3. The molecule has 136 valence electrons. The Hall–Kier alpha value is -2.58. The molecular weight excluding hydrogens is 341 g/mol. The monoisotopic (exact) mass is 358 g/mol. The maximum atomic E-state index is 12.7. The van der Waals surface area contributed by atoms with E-state index in [4.69, 9.17) is 5.11 Å². The molecule has 2 N–H and O–H groups in total. The molecule has 0 bridgehead atoms. The highest BCUT2D eigenvalue weighted by Crippen LogP contribution is 2.38. The third-order valence-corrected chi connectivity index (χ3v) is 4.23. The fraction of sp³-hybridized carbons (Fsp3) is 0.438. The number of halogens is 3. The number of amides is 2. The van der Waals surface area contributed by atoms with E-state index in [1.54, 1.807) is 0 Å². The van der Waals surface area contributed by atoms with Crippen LogP contribution in [-0.2, 0) is 20.6 Å². The number of aliphatic carboxylic acids is 1. The first-order valence-corrected chi connectivity index (χ1v) is 7.48. The minimum Gasteiger partial charge on any atom is -0.480 e. The van der Waals surface area contributed by atoms with Crippen molar-refractivity contribution in [2.45, 2.75) is 31.6 Å². The molecule has 0 saturated carbocycles. The van der Waals surface area contributed by atoms with Gasteiger partial charge in [-0.2, -0.15) is 13.2 Å². The van der Waals surface area contributed by atoms with Crippen molar-refractivity contribution in [3.63, 3.8) is 0 Å². The van der Waals surface area contributed by atoms with Gasteiger partial charge in [0.2, 0.25) is 11.8 Å². The Balaban J connectivity index is 2.27. The van der Waals surface area contributed by atoms with Gasteiger partial charge in [-0.3, -0.25) is 14.4 Å². The zero-order valence-corrected chi connectivity index (χ0v) is 13.5. The van der Waals surface area contributed by atoms with Crippen LogP contribution < -0.4 is 5.32 Å². The molecule has 1 saturated heterocycles. The molecule has 2 rings (SSSR count). The summed E-state index contributed by atoms with van der Waals surface area (Å²) in [5, 5.41) is 11.2. The lowest BCUT2D eigenvalue weighted by atomic mass is 9.92. The average molecular weight is 358 g/mol. The normalized spacial score (nSPS) is 22.0. The van der Waals surface area contributed by atoms with E-state index < -0.39 is 41.6 Å². The predicted molar refractivity (Wildman–Crippen MR) is 80.3 cm³/mol. The van der Waals surface area contributed by atoms with E-state index in [1.807, 2.05) is 0 Å². The minimum absolute atomic E-state index is 0.139. The summed E-state index contributed by atoms with van der Waals surface area (Å²) < 4.78 is 38.0. The number of likely N-dealkylation sites (tertiary alicyclic amines) is 1. The summed E-state index contributed by atoms with van der Waals surface area (Å²) >= 11 is 0. The lowest BCUT2D eigenvalue weighted by molar-refractivity contribution is -0.142. The second-order valence-electron chi connectivity index (χ2n) is 5.95.